The van der Waals surface area contributed by atoms with Crippen LogP contribution in [0.5, 0.6) is 0 Å². The number of benzene rings is 1. The molecule has 1 atom stereocenters. The van der Waals surface area contributed by atoms with Crippen molar-refractivity contribution in [3.8, 4) is 0 Å². The lowest BCUT2D eigenvalue weighted by Gasteiger charge is -2.16. The predicted octanol–water partition coefficient (Wildman–Crippen LogP) is 2.71. The van der Waals surface area contributed by atoms with E-state index in [0.29, 0.717) is 25.0 Å². The molecule has 1 aliphatic rings. The summed E-state index contributed by atoms with van der Waals surface area (Å²) in [6, 6.07) is 9.65. The maximum absolute atomic E-state index is 13.0. The summed E-state index contributed by atoms with van der Waals surface area (Å²) in [4.78, 5) is 31.4. The molecule has 1 saturated heterocycles. The number of aromatic nitrogens is 4. The minimum atomic E-state index is -0.300. The molecule has 0 unspecified atom stereocenters. The Balaban J connectivity index is 1.39. The molecule has 142 valence electrons. The summed E-state index contributed by atoms with van der Waals surface area (Å²) in [5, 5.41) is 2.98. The van der Waals surface area contributed by atoms with Crippen LogP contribution in [0, 0.1) is 5.82 Å². The lowest BCUT2D eigenvalue weighted by molar-refractivity contribution is -0.129. The second kappa shape index (κ2) is 8.08. The van der Waals surface area contributed by atoms with Crippen molar-refractivity contribution >= 4 is 17.8 Å². The Morgan fingerprint density at radius 3 is 2.61 bits per heavy atom. The first-order chi connectivity index (χ1) is 13.7. The fourth-order valence-electron chi connectivity index (χ4n) is 3.24. The summed E-state index contributed by atoms with van der Waals surface area (Å²) in [7, 11) is 0. The summed E-state index contributed by atoms with van der Waals surface area (Å²) in [6.07, 6.45) is 6.08. The number of amides is 1. The first-order valence-electron chi connectivity index (χ1n) is 9.06. The SMILES string of the molecule is O=C(Cc1ccc(F)cc1)N1CC[C@@H](c2ccnc(Nc3ncccn3)n2)C1. The zero-order valence-corrected chi connectivity index (χ0v) is 15.1. The molecule has 1 fully saturated rings. The monoisotopic (exact) mass is 378 g/mol. The van der Waals surface area contributed by atoms with E-state index in [0.717, 1.165) is 17.7 Å². The van der Waals surface area contributed by atoms with Crippen LogP contribution in [0.25, 0.3) is 0 Å². The molecule has 7 nitrogen and oxygen atoms in total. The molecule has 0 bridgehead atoms. The molecule has 1 aliphatic heterocycles. The number of likely N-dealkylation sites (tertiary alicyclic amines) is 1. The van der Waals surface area contributed by atoms with Crippen LogP contribution >= 0.6 is 0 Å². The molecule has 1 N–H and O–H groups in total. The van der Waals surface area contributed by atoms with Gasteiger partial charge in [0.25, 0.3) is 0 Å². The van der Waals surface area contributed by atoms with Gasteiger partial charge in [-0.2, -0.15) is 0 Å². The van der Waals surface area contributed by atoms with Crippen LogP contribution < -0.4 is 5.32 Å². The molecule has 1 amide bonds. The van der Waals surface area contributed by atoms with Gasteiger partial charge in [-0.15, -0.1) is 0 Å². The van der Waals surface area contributed by atoms with Crippen molar-refractivity contribution in [2.24, 2.45) is 0 Å². The van der Waals surface area contributed by atoms with Crippen molar-refractivity contribution in [2.75, 3.05) is 18.4 Å². The molecule has 3 heterocycles. The maximum Gasteiger partial charge on any atom is 0.229 e. The Hall–Kier alpha value is -3.42. The fourth-order valence-corrected chi connectivity index (χ4v) is 3.24. The first kappa shape index (κ1) is 18.0. The van der Waals surface area contributed by atoms with Crippen molar-refractivity contribution in [3.63, 3.8) is 0 Å². The van der Waals surface area contributed by atoms with Crippen LogP contribution in [0.15, 0.2) is 55.0 Å². The predicted molar refractivity (Wildman–Crippen MR) is 101 cm³/mol. The summed E-state index contributed by atoms with van der Waals surface area (Å²) in [5.41, 5.74) is 1.69. The van der Waals surface area contributed by atoms with E-state index < -0.39 is 0 Å². The van der Waals surface area contributed by atoms with Gasteiger partial charge in [-0.3, -0.25) is 10.1 Å². The molecule has 0 spiro atoms. The van der Waals surface area contributed by atoms with Crippen LogP contribution in [0.1, 0.15) is 23.6 Å². The van der Waals surface area contributed by atoms with Gasteiger partial charge < -0.3 is 4.90 Å². The molecule has 0 aliphatic carbocycles. The van der Waals surface area contributed by atoms with E-state index >= 15 is 0 Å². The van der Waals surface area contributed by atoms with E-state index in [1.807, 2.05) is 11.0 Å². The minimum Gasteiger partial charge on any atom is -0.342 e. The van der Waals surface area contributed by atoms with Crippen LogP contribution in [-0.2, 0) is 11.2 Å². The lowest BCUT2D eigenvalue weighted by Crippen LogP contribution is -2.30. The average molecular weight is 378 g/mol. The lowest BCUT2D eigenvalue weighted by atomic mass is 10.1. The molecule has 1 aromatic carbocycles. The second-order valence-corrected chi connectivity index (χ2v) is 6.63. The standard InChI is InChI=1S/C20H19FN6O/c21-16-4-2-14(3-5-16)12-18(28)27-11-7-15(13-27)17-6-10-24-20(25-17)26-19-22-8-1-9-23-19/h1-6,8-10,15H,7,11-13H2,(H,22,23,24,25,26)/t15-/m1/s1. The number of nitrogens with one attached hydrogen (secondary N) is 1. The van der Waals surface area contributed by atoms with E-state index in [2.05, 4.69) is 25.3 Å². The average Bonchev–Trinajstić information content (AvgIpc) is 3.21. The van der Waals surface area contributed by atoms with E-state index in [4.69, 9.17) is 0 Å². The topological polar surface area (TPSA) is 83.9 Å². The van der Waals surface area contributed by atoms with Crippen molar-refractivity contribution < 1.29 is 9.18 Å². The van der Waals surface area contributed by atoms with E-state index in [1.165, 1.54) is 12.1 Å². The van der Waals surface area contributed by atoms with Gasteiger partial charge in [0, 0.05) is 37.6 Å². The van der Waals surface area contributed by atoms with E-state index in [9.17, 15) is 9.18 Å². The third-order valence-electron chi connectivity index (χ3n) is 4.69. The number of hydrogen-bond acceptors (Lipinski definition) is 6. The Morgan fingerprint density at radius 2 is 1.82 bits per heavy atom. The summed E-state index contributed by atoms with van der Waals surface area (Å²) in [6.45, 7) is 1.29. The molecule has 28 heavy (non-hydrogen) atoms. The number of hydrogen-bond donors (Lipinski definition) is 1. The Bertz CT molecular complexity index is 950. The second-order valence-electron chi connectivity index (χ2n) is 6.63. The largest absolute Gasteiger partial charge is 0.342 e. The molecular formula is C20H19FN6O. The van der Waals surface area contributed by atoms with Crippen molar-refractivity contribution in [1.82, 2.24) is 24.8 Å². The van der Waals surface area contributed by atoms with Gasteiger partial charge in [0.1, 0.15) is 5.82 Å². The highest BCUT2D eigenvalue weighted by Gasteiger charge is 2.28. The zero-order chi connectivity index (χ0) is 19.3. The highest BCUT2D eigenvalue weighted by molar-refractivity contribution is 5.79. The Morgan fingerprint density at radius 1 is 1.07 bits per heavy atom. The third kappa shape index (κ3) is 4.28. The van der Waals surface area contributed by atoms with Gasteiger partial charge in [0.2, 0.25) is 17.8 Å². The fraction of sp³-hybridized carbons (Fsp3) is 0.250. The minimum absolute atomic E-state index is 0.0409. The number of halogens is 1. The van der Waals surface area contributed by atoms with Gasteiger partial charge in [-0.1, -0.05) is 12.1 Å². The van der Waals surface area contributed by atoms with Crippen LogP contribution in [0.2, 0.25) is 0 Å². The number of carbonyl (C=O) groups is 1. The van der Waals surface area contributed by atoms with Gasteiger partial charge in [-0.25, -0.2) is 24.3 Å². The van der Waals surface area contributed by atoms with Crippen molar-refractivity contribution in [1.29, 1.82) is 0 Å². The van der Waals surface area contributed by atoms with E-state index in [1.54, 1.807) is 36.8 Å². The highest BCUT2D eigenvalue weighted by atomic mass is 19.1. The summed E-state index contributed by atoms with van der Waals surface area (Å²) < 4.78 is 13.0. The highest BCUT2D eigenvalue weighted by Crippen LogP contribution is 2.27. The molecule has 3 aromatic rings. The van der Waals surface area contributed by atoms with Crippen LogP contribution in [-0.4, -0.2) is 43.8 Å². The smallest absolute Gasteiger partial charge is 0.229 e. The molecule has 0 saturated carbocycles. The number of rotatable bonds is 5. The summed E-state index contributed by atoms with van der Waals surface area (Å²) >= 11 is 0. The first-order valence-corrected chi connectivity index (χ1v) is 9.06. The number of nitrogens with zero attached hydrogens (tertiary/aromatic N) is 5. The zero-order valence-electron chi connectivity index (χ0n) is 15.1. The number of anilines is 2. The normalized spacial score (nSPS) is 16.2. The maximum atomic E-state index is 13.0. The Labute approximate surface area is 161 Å². The van der Waals surface area contributed by atoms with Gasteiger partial charge >= 0.3 is 0 Å². The quantitative estimate of drug-likeness (QED) is 0.735. The van der Waals surface area contributed by atoms with Gasteiger partial charge in [0.15, 0.2) is 0 Å². The Kier molecular flexibility index (Phi) is 5.18. The molecule has 4 rings (SSSR count). The molecule has 2 aromatic heterocycles. The van der Waals surface area contributed by atoms with Crippen LogP contribution in [0.3, 0.4) is 0 Å². The molecular weight excluding hydrogens is 359 g/mol. The van der Waals surface area contributed by atoms with Crippen molar-refractivity contribution in [2.45, 2.75) is 18.8 Å². The molecule has 8 heteroatoms. The summed E-state index contributed by atoms with van der Waals surface area (Å²) in [5.74, 6) is 0.755. The third-order valence-corrected chi connectivity index (χ3v) is 4.69. The van der Waals surface area contributed by atoms with E-state index in [-0.39, 0.29) is 24.1 Å². The number of carbonyl (C=O) groups excluding carboxylic acids is 1. The van der Waals surface area contributed by atoms with Gasteiger partial charge in [-0.05, 0) is 36.2 Å². The molecule has 0 radical (unpaired) electrons. The van der Waals surface area contributed by atoms with Crippen LogP contribution in [0.4, 0.5) is 16.3 Å². The van der Waals surface area contributed by atoms with Crippen molar-refractivity contribution in [3.05, 3.63) is 72.1 Å². The van der Waals surface area contributed by atoms with Gasteiger partial charge in [0.05, 0.1) is 12.1 Å².